The third kappa shape index (κ3) is 2.86. The van der Waals surface area contributed by atoms with Crippen LogP contribution in [0.5, 0.6) is 0 Å². The summed E-state index contributed by atoms with van der Waals surface area (Å²) in [7, 11) is 0. The molecule has 2 atom stereocenters. The maximum Gasteiger partial charge on any atom is 0.190 e. The second-order valence-corrected chi connectivity index (χ2v) is 5.75. The highest BCUT2D eigenvalue weighted by atomic mass is 35.5. The maximum absolute atomic E-state index is 6.04. The summed E-state index contributed by atoms with van der Waals surface area (Å²) in [5.74, 6) is 1.67. The lowest BCUT2D eigenvalue weighted by Crippen LogP contribution is -2.43. The summed E-state index contributed by atoms with van der Waals surface area (Å²) < 4.78 is 0. The van der Waals surface area contributed by atoms with E-state index < -0.39 is 0 Å². The van der Waals surface area contributed by atoms with Gasteiger partial charge in [0.25, 0.3) is 0 Å². The van der Waals surface area contributed by atoms with Gasteiger partial charge in [-0.15, -0.1) is 0 Å². The standard InChI is InChI=1S/C12H18ClN3S/c1-8-5-4-6-16(9(8)2)11-7-10(13)14-12(15-11)17-3/h7-9H,4-6H2,1-3H3. The van der Waals surface area contributed by atoms with Crippen LogP contribution in [0.2, 0.25) is 5.15 Å². The van der Waals surface area contributed by atoms with Crippen LogP contribution in [0.15, 0.2) is 11.2 Å². The van der Waals surface area contributed by atoms with Crippen molar-refractivity contribution in [1.29, 1.82) is 0 Å². The van der Waals surface area contributed by atoms with Gasteiger partial charge in [-0.05, 0) is 31.9 Å². The lowest BCUT2D eigenvalue weighted by atomic mass is 9.92. The monoisotopic (exact) mass is 271 g/mol. The SMILES string of the molecule is CSc1nc(Cl)cc(N2CCCC(C)C2C)n1. The van der Waals surface area contributed by atoms with Crippen molar-refractivity contribution in [3.05, 3.63) is 11.2 Å². The van der Waals surface area contributed by atoms with E-state index in [1.807, 2.05) is 12.3 Å². The topological polar surface area (TPSA) is 29.0 Å². The van der Waals surface area contributed by atoms with Gasteiger partial charge in [-0.3, -0.25) is 0 Å². The molecule has 1 aromatic rings. The number of nitrogens with zero attached hydrogens (tertiary/aromatic N) is 3. The van der Waals surface area contributed by atoms with Crippen LogP contribution in [0.25, 0.3) is 0 Å². The van der Waals surface area contributed by atoms with Crippen LogP contribution in [0.4, 0.5) is 5.82 Å². The molecule has 2 unspecified atom stereocenters. The van der Waals surface area contributed by atoms with E-state index in [1.54, 1.807) is 0 Å². The van der Waals surface area contributed by atoms with Crippen molar-refractivity contribution in [2.24, 2.45) is 5.92 Å². The first-order valence-electron chi connectivity index (χ1n) is 5.97. The minimum atomic E-state index is 0.518. The van der Waals surface area contributed by atoms with Gasteiger partial charge in [0, 0.05) is 18.7 Å². The Morgan fingerprint density at radius 2 is 2.18 bits per heavy atom. The molecular weight excluding hydrogens is 254 g/mol. The molecule has 1 saturated heterocycles. The van der Waals surface area contributed by atoms with Crippen LogP contribution in [0.1, 0.15) is 26.7 Å². The van der Waals surface area contributed by atoms with E-state index in [-0.39, 0.29) is 0 Å². The lowest BCUT2D eigenvalue weighted by Gasteiger charge is -2.38. The quantitative estimate of drug-likeness (QED) is 0.468. The second-order valence-electron chi connectivity index (χ2n) is 4.59. The molecule has 1 aliphatic heterocycles. The van der Waals surface area contributed by atoms with E-state index in [9.17, 15) is 0 Å². The van der Waals surface area contributed by atoms with Crippen LogP contribution in [-0.4, -0.2) is 28.8 Å². The molecule has 94 valence electrons. The average Bonchev–Trinajstić information content (AvgIpc) is 2.31. The van der Waals surface area contributed by atoms with E-state index in [1.165, 1.54) is 24.6 Å². The molecule has 1 fully saturated rings. The Kier molecular flexibility index (Phi) is 4.15. The summed E-state index contributed by atoms with van der Waals surface area (Å²) >= 11 is 7.57. The summed E-state index contributed by atoms with van der Waals surface area (Å²) in [6.07, 6.45) is 4.49. The number of hydrogen-bond acceptors (Lipinski definition) is 4. The first kappa shape index (κ1) is 13.0. The van der Waals surface area contributed by atoms with Crippen LogP contribution >= 0.6 is 23.4 Å². The summed E-state index contributed by atoms with van der Waals surface area (Å²) in [5.41, 5.74) is 0. The zero-order chi connectivity index (χ0) is 12.4. The number of hydrogen-bond donors (Lipinski definition) is 0. The molecule has 1 aromatic heterocycles. The van der Waals surface area contributed by atoms with Gasteiger partial charge in [-0.25, -0.2) is 9.97 Å². The number of aromatic nitrogens is 2. The van der Waals surface area contributed by atoms with Crippen molar-refractivity contribution in [2.45, 2.75) is 37.9 Å². The van der Waals surface area contributed by atoms with Crippen molar-refractivity contribution in [2.75, 3.05) is 17.7 Å². The molecule has 0 aromatic carbocycles. The smallest absolute Gasteiger partial charge is 0.190 e. The van der Waals surface area contributed by atoms with Gasteiger partial charge in [0.1, 0.15) is 11.0 Å². The molecule has 0 radical (unpaired) electrons. The van der Waals surface area contributed by atoms with Gasteiger partial charge in [0.15, 0.2) is 5.16 Å². The number of halogens is 1. The fourth-order valence-corrected chi connectivity index (χ4v) is 2.88. The fraction of sp³-hybridized carbons (Fsp3) is 0.667. The van der Waals surface area contributed by atoms with Gasteiger partial charge in [-0.1, -0.05) is 30.3 Å². The highest BCUT2D eigenvalue weighted by Crippen LogP contribution is 2.29. The number of rotatable bonds is 2. The molecule has 1 aliphatic rings. The van der Waals surface area contributed by atoms with Crippen LogP contribution in [0.3, 0.4) is 0 Å². The van der Waals surface area contributed by atoms with Crippen LogP contribution in [-0.2, 0) is 0 Å². The molecule has 2 heterocycles. The van der Waals surface area contributed by atoms with E-state index in [0.29, 0.717) is 17.1 Å². The van der Waals surface area contributed by atoms with Crippen LogP contribution in [0, 0.1) is 5.92 Å². The minimum Gasteiger partial charge on any atom is -0.353 e. The van der Waals surface area contributed by atoms with Gasteiger partial charge < -0.3 is 4.90 Å². The highest BCUT2D eigenvalue weighted by Gasteiger charge is 2.26. The number of thioether (sulfide) groups is 1. The minimum absolute atomic E-state index is 0.518. The molecule has 2 rings (SSSR count). The van der Waals surface area contributed by atoms with Crippen molar-refractivity contribution in [3.8, 4) is 0 Å². The molecule has 0 saturated carbocycles. The summed E-state index contributed by atoms with van der Waals surface area (Å²) in [4.78, 5) is 11.1. The molecule has 0 amide bonds. The van der Waals surface area contributed by atoms with Gasteiger partial charge in [0.2, 0.25) is 0 Å². The van der Waals surface area contributed by atoms with Gasteiger partial charge in [0.05, 0.1) is 0 Å². The maximum atomic E-state index is 6.04. The Labute approximate surface area is 112 Å². The van der Waals surface area contributed by atoms with Gasteiger partial charge in [-0.2, -0.15) is 0 Å². The van der Waals surface area contributed by atoms with E-state index >= 15 is 0 Å². The molecule has 0 aliphatic carbocycles. The Morgan fingerprint density at radius 1 is 1.41 bits per heavy atom. The van der Waals surface area contributed by atoms with E-state index in [0.717, 1.165) is 17.5 Å². The Morgan fingerprint density at radius 3 is 2.88 bits per heavy atom. The van der Waals surface area contributed by atoms with Crippen molar-refractivity contribution < 1.29 is 0 Å². The second kappa shape index (κ2) is 5.44. The molecule has 0 bridgehead atoms. The molecule has 5 heteroatoms. The Balaban J connectivity index is 2.29. The molecule has 0 spiro atoms. The third-order valence-corrected chi connectivity index (χ3v) is 4.25. The zero-order valence-electron chi connectivity index (χ0n) is 10.5. The first-order valence-corrected chi connectivity index (χ1v) is 7.57. The fourth-order valence-electron chi connectivity index (χ4n) is 2.28. The average molecular weight is 272 g/mol. The summed E-state index contributed by atoms with van der Waals surface area (Å²) in [6, 6.07) is 2.39. The zero-order valence-corrected chi connectivity index (χ0v) is 12.1. The Bertz CT molecular complexity index is 399. The normalized spacial score (nSPS) is 25.1. The van der Waals surface area contributed by atoms with Crippen molar-refractivity contribution in [1.82, 2.24) is 9.97 Å². The predicted octanol–water partition coefficient (Wildman–Crippen LogP) is 3.48. The first-order chi connectivity index (χ1) is 8.11. The predicted molar refractivity (Wildman–Crippen MR) is 74.0 cm³/mol. The van der Waals surface area contributed by atoms with Gasteiger partial charge >= 0.3 is 0 Å². The lowest BCUT2D eigenvalue weighted by molar-refractivity contribution is 0.361. The van der Waals surface area contributed by atoms with E-state index in [4.69, 9.17) is 11.6 Å². The summed E-state index contributed by atoms with van der Waals surface area (Å²) in [6.45, 7) is 5.63. The molecule has 0 N–H and O–H groups in total. The molecule has 17 heavy (non-hydrogen) atoms. The summed E-state index contributed by atoms with van der Waals surface area (Å²) in [5, 5.41) is 1.28. The van der Waals surface area contributed by atoms with E-state index in [2.05, 4.69) is 28.7 Å². The highest BCUT2D eigenvalue weighted by molar-refractivity contribution is 7.98. The van der Waals surface area contributed by atoms with Crippen molar-refractivity contribution in [3.63, 3.8) is 0 Å². The molecular formula is C12H18ClN3S. The molecule has 3 nitrogen and oxygen atoms in total. The number of anilines is 1. The third-order valence-electron chi connectivity index (χ3n) is 3.51. The Hall–Kier alpha value is -0.480. The number of piperidine rings is 1. The van der Waals surface area contributed by atoms with Crippen LogP contribution < -0.4 is 4.90 Å². The van der Waals surface area contributed by atoms with Crippen molar-refractivity contribution >= 4 is 29.2 Å². The largest absolute Gasteiger partial charge is 0.353 e.